The number of nitrogens with one attached hydrogen (secondary N) is 1. The number of rotatable bonds is 1. The number of likely N-dealkylation sites (tertiary alicyclic amines) is 1. The van der Waals surface area contributed by atoms with E-state index in [1.165, 1.54) is 16.7 Å². The molecule has 1 aromatic rings. The van der Waals surface area contributed by atoms with E-state index in [1.807, 2.05) is 4.90 Å². The molecule has 102 valence electrons. The van der Waals surface area contributed by atoms with Crippen LogP contribution >= 0.6 is 0 Å². The molecule has 1 fully saturated rings. The van der Waals surface area contributed by atoms with Gasteiger partial charge in [0.25, 0.3) is 0 Å². The fourth-order valence-electron chi connectivity index (χ4n) is 2.68. The van der Waals surface area contributed by atoms with Gasteiger partial charge in [-0.15, -0.1) is 0 Å². The van der Waals surface area contributed by atoms with Crippen molar-refractivity contribution in [3.8, 4) is 0 Å². The third-order valence-electron chi connectivity index (χ3n) is 3.59. The largest absolute Gasteiger partial charge is 0.370 e. The third-order valence-corrected chi connectivity index (χ3v) is 3.59. The van der Waals surface area contributed by atoms with Crippen LogP contribution in [-0.2, 0) is 0 Å². The molecule has 0 amide bonds. The quantitative estimate of drug-likeness (QED) is 0.524. The summed E-state index contributed by atoms with van der Waals surface area (Å²) in [5.41, 5.74) is 14.6. The van der Waals surface area contributed by atoms with Crippen molar-refractivity contribution in [3.63, 3.8) is 0 Å². The van der Waals surface area contributed by atoms with E-state index in [-0.39, 0.29) is 11.9 Å². The van der Waals surface area contributed by atoms with E-state index in [4.69, 9.17) is 16.9 Å². The number of aryl methyl sites for hydroxylation is 2. The Hall–Kier alpha value is -2.04. The van der Waals surface area contributed by atoms with Crippen LogP contribution in [0, 0.1) is 19.3 Å². The lowest BCUT2D eigenvalue weighted by atomic mass is 9.93. The number of hydrogen-bond acceptors (Lipinski definition) is 1. The maximum atomic E-state index is 7.84. The maximum Gasteiger partial charge on any atom is 0.221 e. The summed E-state index contributed by atoms with van der Waals surface area (Å²) in [6.45, 7) is 5.88. The van der Waals surface area contributed by atoms with Gasteiger partial charge in [-0.3, -0.25) is 5.41 Å². The van der Waals surface area contributed by atoms with Crippen LogP contribution in [0.2, 0.25) is 0 Å². The molecule has 1 aliphatic rings. The number of nitrogens with two attached hydrogens (primary N) is 2. The molecule has 2 rings (SSSR count). The summed E-state index contributed by atoms with van der Waals surface area (Å²) in [6, 6.07) is 6.55. The van der Waals surface area contributed by atoms with Crippen molar-refractivity contribution in [2.75, 3.05) is 13.1 Å². The van der Waals surface area contributed by atoms with Crippen LogP contribution in [0.25, 0.3) is 0 Å². The Bertz CT molecular complexity index is 517. The van der Waals surface area contributed by atoms with Crippen molar-refractivity contribution >= 4 is 11.9 Å². The van der Waals surface area contributed by atoms with Gasteiger partial charge < -0.3 is 16.4 Å². The molecule has 0 aliphatic carbocycles. The molecule has 5 nitrogen and oxygen atoms in total. The molecular formula is C14H21N5. The molecule has 0 aromatic heterocycles. The minimum absolute atomic E-state index is 0.0556. The van der Waals surface area contributed by atoms with E-state index in [2.05, 4.69) is 37.0 Å². The summed E-state index contributed by atoms with van der Waals surface area (Å²) in [5, 5.41) is 7.84. The van der Waals surface area contributed by atoms with Crippen molar-refractivity contribution < 1.29 is 0 Å². The molecule has 5 heteroatoms. The van der Waals surface area contributed by atoms with E-state index in [1.54, 1.807) is 0 Å². The lowest BCUT2D eigenvalue weighted by Crippen LogP contribution is -2.31. The molecule has 19 heavy (non-hydrogen) atoms. The molecule has 1 saturated heterocycles. The fourth-order valence-corrected chi connectivity index (χ4v) is 2.68. The van der Waals surface area contributed by atoms with Crippen LogP contribution in [0.3, 0.4) is 0 Å². The van der Waals surface area contributed by atoms with Crippen LogP contribution in [-0.4, -0.2) is 29.9 Å². The predicted molar refractivity (Wildman–Crippen MR) is 78.4 cm³/mol. The molecule has 5 N–H and O–H groups in total. The molecule has 1 unspecified atom stereocenters. The monoisotopic (exact) mass is 259 g/mol. The number of nitrogens with zero attached hydrogens (tertiary/aromatic N) is 2. The van der Waals surface area contributed by atoms with Gasteiger partial charge in [0.1, 0.15) is 0 Å². The highest BCUT2D eigenvalue weighted by atomic mass is 15.3. The highest BCUT2D eigenvalue weighted by Gasteiger charge is 2.26. The normalized spacial score (nSPS) is 18.4. The van der Waals surface area contributed by atoms with Gasteiger partial charge in [0.2, 0.25) is 5.96 Å². The van der Waals surface area contributed by atoms with Crippen LogP contribution in [0.15, 0.2) is 23.2 Å². The van der Waals surface area contributed by atoms with Crippen molar-refractivity contribution in [1.82, 2.24) is 4.90 Å². The molecule has 1 aromatic carbocycles. The number of hydrogen-bond donors (Lipinski definition) is 3. The van der Waals surface area contributed by atoms with Crippen molar-refractivity contribution in [3.05, 3.63) is 34.9 Å². The first-order chi connectivity index (χ1) is 8.97. The van der Waals surface area contributed by atoms with Gasteiger partial charge in [0.05, 0.1) is 0 Å². The summed E-state index contributed by atoms with van der Waals surface area (Å²) in [4.78, 5) is 5.73. The minimum Gasteiger partial charge on any atom is -0.370 e. The van der Waals surface area contributed by atoms with Crippen molar-refractivity contribution in [1.29, 1.82) is 5.41 Å². The second kappa shape index (κ2) is 5.30. The van der Waals surface area contributed by atoms with Gasteiger partial charge in [0.15, 0.2) is 5.96 Å². The summed E-state index contributed by atoms with van der Waals surface area (Å²) < 4.78 is 0. The second-order valence-corrected chi connectivity index (χ2v) is 5.15. The van der Waals surface area contributed by atoms with Gasteiger partial charge >= 0.3 is 0 Å². The highest BCUT2D eigenvalue weighted by molar-refractivity contribution is 5.91. The van der Waals surface area contributed by atoms with Crippen LogP contribution in [0.5, 0.6) is 0 Å². The Morgan fingerprint density at radius 3 is 2.74 bits per heavy atom. The molecule has 0 bridgehead atoms. The summed E-state index contributed by atoms with van der Waals surface area (Å²) in [6.07, 6.45) is 1.03. The molecule has 1 atom stereocenters. The number of guanidine groups is 2. The molecule has 0 radical (unpaired) electrons. The lowest BCUT2D eigenvalue weighted by molar-refractivity contribution is 0.501. The first kappa shape index (κ1) is 13.4. The number of benzene rings is 1. The summed E-state index contributed by atoms with van der Waals surface area (Å²) >= 11 is 0. The predicted octanol–water partition coefficient (Wildman–Crippen LogP) is 1.30. The molecule has 1 heterocycles. The average Bonchev–Trinajstić information content (AvgIpc) is 2.77. The summed E-state index contributed by atoms with van der Waals surface area (Å²) in [5.74, 6) is 0.558. The lowest BCUT2D eigenvalue weighted by Gasteiger charge is -2.17. The van der Waals surface area contributed by atoms with E-state index < -0.39 is 0 Å². The van der Waals surface area contributed by atoms with Gasteiger partial charge in [0, 0.05) is 19.0 Å². The van der Waals surface area contributed by atoms with E-state index in [9.17, 15) is 0 Å². The summed E-state index contributed by atoms with van der Waals surface area (Å²) in [7, 11) is 0. The first-order valence-corrected chi connectivity index (χ1v) is 6.47. The van der Waals surface area contributed by atoms with Gasteiger partial charge in [-0.25, -0.2) is 0 Å². The number of aliphatic imine (C=N–C) groups is 1. The first-order valence-electron chi connectivity index (χ1n) is 6.47. The Morgan fingerprint density at radius 2 is 2.11 bits per heavy atom. The Morgan fingerprint density at radius 1 is 1.37 bits per heavy atom. The third kappa shape index (κ3) is 3.05. The standard InChI is InChI=1S/C14H21N5/c1-9-3-4-12(10(2)7-9)11-5-6-19(8-11)14(17)18-13(15)16/h3-4,7,11H,5-6,8H2,1-2H3,(H5,15,16,17,18). The fraction of sp³-hybridized carbons (Fsp3) is 0.429. The van der Waals surface area contributed by atoms with Gasteiger partial charge in [-0.2, -0.15) is 4.99 Å². The zero-order valence-electron chi connectivity index (χ0n) is 11.5. The van der Waals surface area contributed by atoms with E-state index in [0.29, 0.717) is 5.92 Å². The molecule has 1 aliphatic heterocycles. The van der Waals surface area contributed by atoms with Crippen LogP contribution in [0.4, 0.5) is 0 Å². The minimum atomic E-state index is -0.0556. The van der Waals surface area contributed by atoms with E-state index in [0.717, 1.165) is 19.5 Å². The SMILES string of the molecule is Cc1ccc(C2CCN(C(=N)N=C(N)N)C2)c(C)c1. The average molecular weight is 259 g/mol. The maximum absolute atomic E-state index is 7.84. The van der Waals surface area contributed by atoms with Crippen molar-refractivity contribution in [2.45, 2.75) is 26.2 Å². The zero-order valence-corrected chi connectivity index (χ0v) is 11.5. The van der Waals surface area contributed by atoms with Crippen LogP contribution in [0.1, 0.15) is 29.0 Å². The Balaban J connectivity index is 2.10. The molecule has 0 spiro atoms. The highest BCUT2D eigenvalue weighted by Crippen LogP contribution is 2.29. The Labute approximate surface area is 113 Å². The Kier molecular flexibility index (Phi) is 3.74. The van der Waals surface area contributed by atoms with Gasteiger partial charge in [-0.1, -0.05) is 23.8 Å². The molecule has 0 saturated carbocycles. The zero-order chi connectivity index (χ0) is 14.0. The van der Waals surface area contributed by atoms with Crippen LogP contribution < -0.4 is 11.5 Å². The van der Waals surface area contributed by atoms with E-state index >= 15 is 0 Å². The smallest absolute Gasteiger partial charge is 0.221 e. The topological polar surface area (TPSA) is 91.5 Å². The molecular weight excluding hydrogens is 238 g/mol. The van der Waals surface area contributed by atoms with Gasteiger partial charge in [-0.05, 0) is 31.4 Å². The van der Waals surface area contributed by atoms with Crippen molar-refractivity contribution in [2.24, 2.45) is 16.5 Å². The second-order valence-electron chi connectivity index (χ2n) is 5.15.